The quantitative estimate of drug-likeness (QED) is 0.594. The summed E-state index contributed by atoms with van der Waals surface area (Å²) in [5.41, 5.74) is 2.02. The van der Waals surface area contributed by atoms with Gasteiger partial charge in [0.2, 0.25) is 17.7 Å². The number of likely N-dealkylation sites (N-methyl/N-ethyl adjacent to an activating group) is 1. The standard InChI is InChI=1S/C20H24N4O3S/c1-24(2)17(14-4-6-16(26-3)7-5-14)12-21-18(25)8-9-19-22-23-20(27-19)15-10-11-28-13-15/h4-7,10-11,13,17H,8-9,12H2,1-3H3,(H,21,25). The van der Waals surface area contributed by atoms with Crippen molar-refractivity contribution < 1.29 is 13.9 Å². The molecule has 148 valence electrons. The van der Waals surface area contributed by atoms with Crippen LogP contribution in [0.25, 0.3) is 11.5 Å². The molecule has 0 bridgehead atoms. The Hall–Kier alpha value is -2.71. The highest BCUT2D eigenvalue weighted by atomic mass is 32.1. The molecule has 1 unspecified atom stereocenters. The largest absolute Gasteiger partial charge is 0.497 e. The Labute approximate surface area is 168 Å². The summed E-state index contributed by atoms with van der Waals surface area (Å²) in [6.07, 6.45) is 0.714. The van der Waals surface area contributed by atoms with Crippen molar-refractivity contribution in [1.29, 1.82) is 0 Å². The topological polar surface area (TPSA) is 80.5 Å². The van der Waals surface area contributed by atoms with E-state index in [1.54, 1.807) is 18.4 Å². The summed E-state index contributed by atoms with van der Waals surface area (Å²) in [5, 5.41) is 14.9. The van der Waals surface area contributed by atoms with E-state index in [0.29, 0.717) is 31.2 Å². The van der Waals surface area contributed by atoms with Crippen LogP contribution in [0.2, 0.25) is 0 Å². The number of amides is 1. The highest BCUT2D eigenvalue weighted by Gasteiger charge is 2.16. The molecule has 0 spiro atoms. The molecule has 3 aromatic rings. The fourth-order valence-electron chi connectivity index (χ4n) is 2.80. The Morgan fingerprint density at radius 2 is 2.04 bits per heavy atom. The monoisotopic (exact) mass is 400 g/mol. The number of carbonyl (C=O) groups is 1. The first kappa shape index (κ1) is 20.0. The number of carbonyl (C=O) groups excluding carboxylic acids is 1. The number of hydrogen-bond donors (Lipinski definition) is 1. The second kappa shape index (κ2) is 9.48. The predicted molar refractivity (Wildman–Crippen MR) is 108 cm³/mol. The van der Waals surface area contributed by atoms with Gasteiger partial charge in [-0.1, -0.05) is 12.1 Å². The van der Waals surface area contributed by atoms with Gasteiger partial charge in [-0.05, 0) is 43.2 Å². The van der Waals surface area contributed by atoms with Crippen LogP contribution in [0.1, 0.15) is 23.9 Å². The third-order valence-corrected chi connectivity index (χ3v) is 5.10. The molecular formula is C20H24N4O3S. The summed E-state index contributed by atoms with van der Waals surface area (Å²) in [6, 6.07) is 9.88. The molecule has 0 saturated carbocycles. The number of benzene rings is 1. The van der Waals surface area contributed by atoms with Crippen LogP contribution in [-0.4, -0.2) is 48.8 Å². The molecule has 8 heteroatoms. The Morgan fingerprint density at radius 3 is 2.68 bits per heavy atom. The van der Waals surface area contributed by atoms with Gasteiger partial charge in [-0.3, -0.25) is 4.79 Å². The van der Waals surface area contributed by atoms with Crippen molar-refractivity contribution in [3.8, 4) is 17.2 Å². The van der Waals surface area contributed by atoms with Gasteiger partial charge in [0, 0.05) is 30.3 Å². The lowest BCUT2D eigenvalue weighted by molar-refractivity contribution is -0.121. The van der Waals surface area contributed by atoms with Gasteiger partial charge in [-0.15, -0.1) is 10.2 Å². The van der Waals surface area contributed by atoms with E-state index in [1.165, 1.54) is 0 Å². The summed E-state index contributed by atoms with van der Waals surface area (Å²) in [7, 11) is 5.63. The summed E-state index contributed by atoms with van der Waals surface area (Å²) in [4.78, 5) is 14.3. The lowest BCUT2D eigenvalue weighted by Gasteiger charge is -2.25. The number of thiophene rings is 1. The number of nitrogens with one attached hydrogen (secondary N) is 1. The third kappa shape index (κ3) is 5.17. The average molecular weight is 401 g/mol. The zero-order valence-electron chi connectivity index (χ0n) is 16.2. The molecule has 0 radical (unpaired) electrons. The number of ether oxygens (including phenoxy) is 1. The Bertz CT molecular complexity index is 875. The van der Waals surface area contributed by atoms with Crippen LogP contribution in [0, 0.1) is 0 Å². The Kier molecular flexibility index (Phi) is 6.78. The van der Waals surface area contributed by atoms with E-state index in [2.05, 4.69) is 20.4 Å². The number of rotatable bonds is 9. The van der Waals surface area contributed by atoms with Gasteiger partial charge < -0.3 is 19.4 Å². The van der Waals surface area contributed by atoms with E-state index in [1.807, 2.05) is 55.2 Å². The molecule has 1 amide bonds. The first-order chi connectivity index (χ1) is 13.6. The first-order valence-corrected chi connectivity index (χ1v) is 9.93. The molecule has 2 aromatic heterocycles. The minimum absolute atomic E-state index is 0.0457. The van der Waals surface area contributed by atoms with Crippen LogP contribution in [0.4, 0.5) is 0 Å². The lowest BCUT2D eigenvalue weighted by atomic mass is 10.1. The van der Waals surface area contributed by atoms with Crippen LogP contribution < -0.4 is 10.1 Å². The SMILES string of the molecule is COc1ccc(C(CNC(=O)CCc2nnc(-c3ccsc3)o2)N(C)C)cc1. The number of aromatic nitrogens is 2. The maximum absolute atomic E-state index is 12.3. The van der Waals surface area contributed by atoms with Crippen molar-refractivity contribution in [2.24, 2.45) is 0 Å². The second-order valence-corrected chi connectivity index (χ2v) is 7.35. The summed E-state index contributed by atoms with van der Waals surface area (Å²) < 4.78 is 10.8. The molecule has 0 aliphatic carbocycles. The van der Waals surface area contributed by atoms with Crippen molar-refractivity contribution in [2.75, 3.05) is 27.7 Å². The van der Waals surface area contributed by atoms with Gasteiger partial charge >= 0.3 is 0 Å². The number of nitrogens with zero attached hydrogens (tertiary/aromatic N) is 3. The third-order valence-electron chi connectivity index (χ3n) is 4.42. The Balaban J connectivity index is 1.50. The van der Waals surface area contributed by atoms with Crippen molar-refractivity contribution in [2.45, 2.75) is 18.9 Å². The van der Waals surface area contributed by atoms with Crippen LogP contribution in [0.3, 0.4) is 0 Å². The van der Waals surface area contributed by atoms with Gasteiger partial charge in [-0.25, -0.2) is 0 Å². The highest BCUT2D eigenvalue weighted by Crippen LogP contribution is 2.22. The van der Waals surface area contributed by atoms with Gasteiger partial charge in [0.1, 0.15) is 5.75 Å². The van der Waals surface area contributed by atoms with E-state index in [-0.39, 0.29) is 11.9 Å². The molecule has 2 heterocycles. The zero-order chi connectivity index (χ0) is 19.9. The molecule has 28 heavy (non-hydrogen) atoms. The van der Waals surface area contributed by atoms with Crippen LogP contribution >= 0.6 is 11.3 Å². The first-order valence-electron chi connectivity index (χ1n) is 8.99. The molecular weight excluding hydrogens is 376 g/mol. The molecule has 7 nitrogen and oxygen atoms in total. The number of methoxy groups -OCH3 is 1. The van der Waals surface area contributed by atoms with E-state index in [0.717, 1.165) is 16.9 Å². The maximum atomic E-state index is 12.3. The number of aryl methyl sites for hydroxylation is 1. The molecule has 0 aliphatic rings. The second-order valence-electron chi connectivity index (χ2n) is 6.57. The van der Waals surface area contributed by atoms with E-state index in [4.69, 9.17) is 9.15 Å². The van der Waals surface area contributed by atoms with Gasteiger partial charge in [0.25, 0.3) is 0 Å². The lowest BCUT2D eigenvalue weighted by Crippen LogP contribution is -2.34. The summed E-state index contributed by atoms with van der Waals surface area (Å²) in [6.45, 7) is 0.516. The van der Waals surface area contributed by atoms with Gasteiger partial charge in [0.15, 0.2) is 0 Å². The minimum atomic E-state index is -0.0457. The molecule has 1 atom stereocenters. The van der Waals surface area contributed by atoms with E-state index in [9.17, 15) is 4.79 Å². The Morgan fingerprint density at radius 1 is 1.25 bits per heavy atom. The molecule has 1 N–H and O–H groups in total. The van der Waals surface area contributed by atoms with Crippen molar-refractivity contribution >= 4 is 17.2 Å². The summed E-state index contributed by atoms with van der Waals surface area (Å²) >= 11 is 1.57. The molecule has 3 rings (SSSR count). The smallest absolute Gasteiger partial charge is 0.248 e. The van der Waals surface area contributed by atoms with Crippen LogP contribution in [0.15, 0.2) is 45.5 Å². The molecule has 0 fully saturated rings. The van der Waals surface area contributed by atoms with E-state index >= 15 is 0 Å². The zero-order valence-corrected chi connectivity index (χ0v) is 17.0. The predicted octanol–water partition coefficient (Wildman–Crippen LogP) is 3.16. The molecule has 0 aliphatic heterocycles. The van der Waals surface area contributed by atoms with Crippen molar-refractivity contribution in [3.05, 3.63) is 52.5 Å². The highest BCUT2D eigenvalue weighted by molar-refractivity contribution is 7.08. The minimum Gasteiger partial charge on any atom is -0.497 e. The fourth-order valence-corrected chi connectivity index (χ4v) is 3.43. The maximum Gasteiger partial charge on any atom is 0.248 e. The average Bonchev–Trinajstić information content (AvgIpc) is 3.38. The van der Waals surface area contributed by atoms with Gasteiger partial charge in [-0.2, -0.15) is 11.3 Å². The summed E-state index contributed by atoms with van der Waals surface area (Å²) in [5.74, 6) is 1.72. The van der Waals surface area contributed by atoms with Crippen LogP contribution in [-0.2, 0) is 11.2 Å². The van der Waals surface area contributed by atoms with Gasteiger partial charge in [0.05, 0.1) is 13.2 Å². The normalized spacial score (nSPS) is 12.1. The number of hydrogen-bond acceptors (Lipinski definition) is 7. The van der Waals surface area contributed by atoms with Crippen molar-refractivity contribution in [1.82, 2.24) is 20.4 Å². The van der Waals surface area contributed by atoms with Crippen molar-refractivity contribution in [3.63, 3.8) is 0 Å². The van der Waals surface area contributed by atoms with E-state index < -0.39 is 0 Å². The fraction of sp³-hybridized carbons (Fsp3) is 0.350. The van der Waals surface area contributed by atoms with Crippen LogP contribution in [0.5, 0.6) is 5.75 Å². The molecule has 0 saturated heterocycles. The molecule has 1 aromatic carbocycles.